The zero-order valence-corrected chi connectivity index (χ0v) is 17.9. The van der Waals surface area contributed by atoms with Crippen molar-refractivity contribution in [2.45, 2.75) is 18.5 Å². The molecule has 0 amide bonds. The topological polar surface area (TPSA) is 115 Å². The molecule has 4 heterocycles. The van der Waals surface area contributed by atoms with E-state index in [2.05, 4.69) is 31.2 Å². The summed E-state index contributed by atoms with van der Waals surface area (Å²) in [6.07, 6.45) is 6.72. The summed E-state index contributed by atoms with van der Waals surface area (Å²) in [4.78, 5) is 14.9. The van der Waals surface area contributed by atoms with Gasteiger partial charge in [-0.3, -0.25) is 4.98 Å². The third kappa shape index (κ3) is 4.22. The van der Waals surface area contributed by atoms with Gasteiger partial charge >= 0.3 is 6.01 Å². The first-order valence-corrected chi connectivity index (χ1v) is 10.2. The molecule has 4 rings (SSSR count). The van der Waals surface area contributed by atoms with Crippen LogP contribution >= 0.6 is 0 Å². The summed E-state index contributed by atoms with van der Waals surface area (Å²) in [7, 11) is 3.32. The van der Waals surface area contributed by atoms with Gasteiger partial charge in [-0.15, -0.1) is 10.2 Å². The monoisotopic (exact) mass is 438 g/mol. The highest BCUT2D eigenvalue weighted by Crippen LogP contribution is 2.40. The Labute approximate surface area is 184 Å². The molecule has 0 radical (unpaired) electrons. The van der Waals surface area contributed by atoms with Crippen molar-refractivity contribution in [3.05, 3.63) is 42.4 Å². The van der Waals surface area contributed by atoms with E-state index < -0.39 is 5.67 Å². The molecule has 0 bridgehead atoms. The van der Waals surface area contributed by atoms with E-state index in [-0.39, 0.29) is 18.9 Å². The molecular weight excluding hydrogens is 415 g/mol. The van der Waals surface area contributed by atoms with Crippen molar-refractivity contribution in [1.29, 1.82) is 5.26 Å². The molecule has 11 heteroatoms. The minimum Gasteiger partial charge on any atom is -0.461 e. The molecule has 10 nitrogen and oxygen atoms in total. The number of nitrogens with zero attached hydrogens (tertiary/aromatic N) is 8. The van der Waals surface area contributed by atoms with Crippen molar-refractivity contribution < 1.29 is 13.9 Å². The van der Waals surface area contributed by atoms with Crippen LogP contribution in [0.1, 0.15) is 24.2 Å². The average molecular weight is 438 g/mol. The second-order valence-electron chi connectivity index (χ2n) is 7.48. The van der Waals surface area contributed by atoms with Crippen LogP contribution in [0.3, 0.4) is 0 Å². The van der Waals surface area contributed by atoms with Crippen LogP contribution in [0.4, 0.5) is 10.1 Å². The number of aryl methyl sites for hydroxylation is 1. The lowest BCUT2D eigenvalue weighted by molar-refractivity contribution is 0.109. The second-order valence-corrected chi connectivity index (χ2v) is 7.48. The van der Waals surface area contributed by atoms with Crippen molar-refractivity contribution in [3.8, 4) is 23.3 Å². The fourth-order valence-corrected chi connectivity index (χ4v) is 3.80. The van der Waals surface area contributed by atoms with Crippen molar-refractivity contribution in [2.24, 2.45) is 7.05 Å². The Kier molecular flexibility index (Phi) is 6.23. The Morgan fingerprint density at radius 1 is 1.19 bits per heavy atom. The maximum Gasteiger partial charge on any atom is 0.316 e. The number of pyridine rings is 1. The van der Waals surface area contributed by atoms with Crippen LogP contribution in [0, 0.1) is 11.3 Å². The predicted molar refractivity (Wildman–Crippen MR) is 113 cm³/mol. The first-order chi connectivity index (χ1) is 15.6. The van der Waals surface area contributed by atoms with Gasteiger partial charge in [0.1, 0.15) is 19.0 Å². The van der Waals surface area contributed by atoms with E-state index in [1.54, 1.807) is 43.4 Å². The molecule has 3 aromatic heterocycles. The van der Waals surface area contributed by atoms with Gasteiger partial charge < -0.3 is 18.9 Å². The maximum atomic E-state index is 15.6. The smallest absolute Gasteiger partial charge is 0.316 e. The third-order valence-corrected chi connectivity index (χ3v) is 5.45. The number of alkyl halides is 1. The second kappa shape index (κ2) is 9.23. The number of rotatable bonds is 7. The Morgan fingerprint density at radius 2 is 1.94 bits per heavy atom. The van der Waals surface area contributed by atoms with Gasteiger partial charge in [0.15, 0.2) is 11.5 Å². The molecule has 1 fully saturated rings. The van der Waals surface area contributed by atoms with Crippen molar-refractivity contribution in [1.82, 2.24) is 29.7 Å². The molecule has 1 aliphatic heterocycles. The number of anilines is 1. The van der Waals surface area contributed by atoms with E-state index in [9.17, 15) is 5.26 Å². The normalized spacial score (nSPS) is 15.4. The summed E-state index contributed by atoms with van der Waals surface area (Å²) < 4.78 is 27.6. The minimum atomic E-state index is -1.57. The molecule has 0 saturated carbocycles. The van der Waals surface area contributed by atoms with Crippen molar-refractivity contribution in [2.75, 3.05) is 38.3 Å². The number of hydrogen-bond donors (Lipinski definition) is 0. The summed E-state index contributed by atoms with van der Waals surface area (Å²) >= 11 is 0. The summed E-state index contributed by atoms with van der Waals surface area (Å²) in [5, 5.41) is 17.5. The number of piperidine rings is 1. The maximum absolute atomic E-state index is 15.6. The molecule has 166 valence electrons. The summed E-state index contributed by atoms with van der Waals surface area (Å²) in [5.74, 6) is 0.321. The zero-order chi connectivity index (χ0) is 22.6. The van der Waals surface area contributed by atoms with Gasteiger partial charge in [-0.2, -0.15) is 5.26 Å². The molecule has 0 N–H and O–H groups in total. The summed E-state index contributed by atoms with van der Waals surface area (Å²) in [6, 6.07) is 4.11. The number of halogens is 1. The van der Waals surface area contributed by atoms with Crippen LogP contribution in [0.5, 0.6) is 6.01 Å². The number of hydrogen-bond acceptors (Lipinski definition) is 9. The van der Waals surface area contributed by atoms with Crippen molar-refractivity contribution in [3.63, 3.8) is 0 Å². The number of aromatic nitrogens is 6. The minimum absolute atomic E-state index is 0.224. The van der Waals surface area contributed by atoms with E-state index >= 15 is 4.39 Å². The van der Waals surface area contributed by atoms with Gasteiger partial charge in [0.05, 0.1) is 23.6 Å². The lowest BCUT2D eigenvalue weighted by atomic mass is 9.91. The van der Waals surface area contributed by atoms with Crippen LogP contribution in [0.15, 0.2) is 31.0 Å². The number of nitriles is 1. The van der Waals surface area contributed by atoms with E-state index in [0.29, 0.717) is 54.6 Å². The quantitative estimate of drug-likeness (QED) is 0.511. The first kappa shape index (κ1) is 21.6. The van der Waals surface area contributed by atoms with Gasteiger partial charge in [0, 0.05) is 64.2 Å². The van der Waals surface area contributed by atoms with E-state index in [4.69, 9.17) is 9.47 Å². The zero-order valence-electron chi connectivity index (χ0n) is 17.9. The van der Waals surface area contributed by atoms with E-state index in [0.717, 1.165) is 0 Å². The van der Waals surface area contributed by atoms with Crippen LogP contribution in [0.2, 0.25) is 0 Å². The van der Waals surface area contributed by atoms with Gasteiger partial charge in [0.2, 0.25) is 0 Å². The molecule has 1 saturated heterocycles. The molecule has 0 atom stereocenters. The highest BCUT2D eigenvalue weighted by molar-refractivity contribution is 5.79. The van der Waals surface area contributed by atoms with Crippen molar-refractivity contribution >= 4 is 5.69 Å². The molecule has 0 spiro atoms. The third-order valence-electron chi connectivity index (χ3n) is 5.45. The van der Waals surface area contributed by atoms with Gasteiger partial charge in [0.25, 0.3) is 0 Å². The van der Waals surface area contributed by atoms with E-state index in [1.165, 1.54) is 6.33 Å². The fraction of sp³-hybridized carbons (Fsp3) is 0.429. The van der Waals surface area contributed by atoms with Crippen LogP contribution < -0.4 is 9.64 Å². The lowest BCUT2D eigenvalue weighted by Crippen LogP contribution is -2.42. The Morgan fingerprint density at radius 3 is 2.56 bits per heavy atom. The van der Waals surface area contributed by atoms with Crippen LogP contribution in [0.25, 0.3) is 11.3 Å². The summed E-state index contributed by atoms with van der Waals surface area (Å²) in [5.41, 5.74) is 0.743. The van der Waals surface area contributed by atoms with Gasteiger partial charge in [-0.25, -0.2) is 14.4 Å². The number of ether oxygens (including phenoxy) is 2. The molecule has 0 aliphatic carbocycles. The van der Waals surface area contributed by atoms with E-state index in [1.807, 2.05) is 4.90 Å². The van der Waals surface area contributed by atoms with Crippen LogP contribution in [-0.2, 0) is 17.5 Å². The SMILES string of the molecule is COCCOc1ncc(-c2nccc(C#N)c2N2CCC(F)(c3nncn3C)CC2)cn1. The van der Waals surface area contributed by atoms with Gasteiger partial charge in [-0.05, 0) is 6.07 Å². The molecule has 0 aromatic carbocycles. The molecule has 0 unspecified atom stereocenters. The highest BCUT2D eigenvalue weighted by atomic mass is 19.1. The standard InChI is InChI=1S/C21H23FN8O2/c1-29-14-27-28-19(29)21(22)4-7-30(8-5-21)18-15(11-23)3-6-24-17(18)16-12-25-20(26-13-16)32-10-9-31-2/h3,6,12-14H,4-5,7-10H2,1-2H3. The Hall–Kier alpha value is -3.65. The predicted octanol–water partition coefficient (Wildman–Crippen LogP) is 2.03. The summed E-state index contributed by atoms with van der Waals surface area (Å²) in [6.45, 7) is 1.57. The molecular formula is C21H23FN8O2. The molecule has 1 aliphatic rings. The molecule has 32 heavy (non-hydrogen) atoms. The largest absolute Gasteiger partial charge is 0.461 e. The Balaban J connectivity index is 1.59. The fourth-order valence-electron chi connectivity index (χ4n) is 3.80. The molecule has 3 aromatic rings. The average Bonchev–Trinajstić information content (AvgIpc) is 3.27. The van der Waals surface area contributed by atoms with Gasteiger partial charge in [-0.1, -0.05) is 0 Å². The first-order valence-electron chi connectivity index (χ1n) is 10.2. The Bertz CT molecular complexity index is 1100. The van der Waals surface area contributed by atoms with Crippen LogP contribution in [-0.4, -0.2) is 63.1 Å². The lowest BCUT2D eigenvalue weighted by Gasteiger charge is -2.37. The number of methoxy groups -OCH3 is 1. The highest BCUT2D eigenvalue weighted by Gasteiger charge is 2.41.